The zero-order chi connectivity index (χ0) is 13.0. The lowest BCUT2D eigenvalue weighted by molar-refractivity contribution is 0.670. The van der Waals surface area contributed by atoms with Crippen LogP contribution in [0.5, 0.6) is 0 Å². The summed E-state index contributed by atoms with van der Waals surface area (Å²) in [6.45, 7) is 7.43. The lowest BCUT2D eigenvalue weighted by Gasteiger charge is -2.26. The highest BCUT2D eigenvalue weighted by molar-refractivity contribution is 7.85. The van der Waals surface area contributed by atoms with E-state index in [1.54, 1.807) is 0 Å². The summed E-state index contributed by atoms with van der Waals surface area (Å²) in [6, 6.07) is 0. The summed E-state index contributed by atoms with van der Waals surface area (Å²) >= 11 is 0. The summed E-state index contributed by atoms with van der Waals surface area (Å²) in [4.78, 5) is 11.1. The van der Waals surface area contributed by atoms with Crippen LogP contribution in [0.1, 0.15) is 18.2 Å². The molecule has 1 fully saturated rings. The van der Waals surface area contributed by atoms with Gasteiger partial charge in [-0.25, -0.2) is 9.97 Å². The largest absolute Gasteiger partial charge is 0.339 e. The minimum absolute atomic E-state index is 0.656. The fourth-order valence-corrected chi connectivity index (χ4v) is 2.96. The van der Waals surface area contributed by atoms with Gasteiger partial charge in [-0.3, -0.25) is 4.21 Å². The van der Waals surface area contributed by atoms with Gasteiger partial charge in [-0.1, -0.05) is 6.92 Å². The number of aryl methyl sites for hydroxylation is 1. The third-order valence-electron chi connectivity index (χ3n) is 3.09. The minimum Gasteiger partial charge on any atom is -0.339 e. The molecule has 2 heterocycles. The van der Waals surface area contributed by atoms with E-state index >= 15 is 0 Å². The Bertz CT molecular complexity index is 428. The number of anilines is 1. The smallest absolute Gasteiger partial charge is 0.225 e. The number of nitrogens with one attached hydrogen (secondary N) is 1. The van der Waals surface area contributed by atoms with Gasteiger partial charge in [0.2, 0.25) is 5.95 Å². The summed E-state index contributed by atoms with van der Waals surface area (Å²) in [5, 5.41) is 3.28. The molecule has 6 heteroatoms. The molecule has 1 aliphatic rings. The van der Waals surface area contributed by atoms with Gasteiger partial charge in [-0.15, -0.1) is 0 Å². The Morgan fingerprint density at radius 3 is 2.78 bits per heavy atom. The van der Waals surface area contributed by atoms with Crippen LogP contribution in [0.2, 0.25) is 0 Å². The second-order valence-corrected chi connectivity index (χ2v) is 6.09. The summed E-state index contributed by atoms with van der Waals surface area (Å²) in [6.07, 6.45) is 1.89. The zero-order valence-electron chi connectivity index (χ0n) is 11.0. The third-order valence-corrected chi connectivity index (χ3v) is 4.37. The maximum Gasteiger partial charge on any atom is 0.225 e. The van der Waals surface area contributed by atoms with Crippen molar-refractivity contribution < 1.29 is 4.21 Å². The van der Waals surface area contributed by atoms with E-state index in [4.69, 9.17) is 0 Å². The van der Waals surface area contributed by atoms with Crippen LogP contribution in [0.15, 0.2) is 6.20 Å². The van der Waals surface area contributed by atoms with Crippen molar-refractivity contribution in [2.75, 3.05) is 36.0 Å². The van der Waals surface area contributed by atoms with Crippen LogP contribution in [0.25, 0.3) is 0 Å². The molecular weight excluding hydrogens is 248 g/mol. The topological polar surface area (TPSA) is 58.1 Å². The monoisotopic (exact) mass is 268 g/mol. The van der Waals surface area contributed by atoms with Crippen LogP contribution < -0.4 is 10.2 Å². The van der Waals surface area contributed by atoms with Crippen molar-refractivity contribution >= 4 is 16.7 Å². The predicted molar refractivity (Wildman–Crippen MR) is 74.2 cm³/mol. The van der Waals surface area contributed by atoms with Crippen LogP contribution in [0.4, 0.5) is 5.95 Å². The second kappa shape index (κ2) is 6.24. The normalized spacial score (nSPS) is 17.1. The summed E-state index contributed by atoms with van der Waals surface area (Å²) in [5.41, 5.74) is 2.16. The molecule has 1 aromatic heterocycles. The molecule has 0 bridgehead atoms. The number of hydrogen-bond acceptors (Lipinski definition) is 5. The van der Waals surface area contributed by atoms with Gasteiger partial charge in [0.1, 0.15) is 0 Å². The molecule has 0 atom stereocenters. The number of hydrogen-bond donors (Lipinski definition) is 1. The van der Waals surface area contributed by atoms with Gasteiger partial charge in [0.25, 0.3) is 0 Å². The molecule has 0 aromatic carbocycles. The minimum atomic E-state index is -0.656. The van der Waals surface area contributed by atoms with E-state index in [1.165, 1.54) is 0 Å². The first-order valence-electron chi connectivity index (χ1n) is 6.34. The summed E-state index contributed by atoms with van der Waals surface area (Å²) in [5.74, 6) is 2.22. The van der Waals surface area contributed by atoms with E-state index in [-0.39, 0.29) is 0 Å². The van der Waals surface area contributed by atoms with Gasteiger partial charge < -0.3 is 10.2 Å². The molecule has 18 heavy (non-hydrogen) atoms. The second-order valence-electron chi connectivity index (χ2n) is 4.40. The first-order valence-corrected chi connectivity index (χ1v) is 7.82. The van der Waals surface area contributed by atoms with E-state index in [9.17, 15) is 4.21 Å². The maximum absolute atomic E-state index is 11.3. The van der Waals surface area contributed by atoms with E-state index < -0.39 is 10.8 Å². The van der Waals surface area contributed by atoms with Gasteiger partial charge in [-0.05, 0) is 13.5 Å². The quantitative estimate of drug-likeness (QED) is 0.860. The van der Waals surface area contributed by atoms with Gasteiger partial charge in [-0.2, -0.15) is 0 Å². The van der Waals surface area contributed by atoms with Crippen molar-refractivity contribution in [1.29, 1.82) is 0 Å². The van der Waals surface area contributed by atoms with Crippen LogP contribution in [0, 0.1) is 6.92 Å². The number of rotatable bonds is 4. The van der Waals surface area contributed by atoms with Crippen molar-refractivity contribution in [3.05, 3.63) is 17.5 Å². The maximum atomic E-state index is 11.3. The van der Waals surface area contributed by atoms with E-state index in [1.807, 2.05) is 13.1 Å². The molecule has 1 aromatic rings. The molecular formula is C12H20N4OS. The lowest BCUT2D eigenvalue weighted by Crippen LogP contribution is -2.38. The molecule has 0 saturated carbocycles. The molecule has 0 unspecified atom stereocenters. The summed E-state index contributed by atoms with van der Waals surface area (Å²) in [7, 11) is -0.656. The van der Waals surface area contributed by atoms with Crippen molar-refractivity contribution in [3.8, 4) is 0 Å². The Hall–Kier alpha value is -1.01. The molecule has 0 amide bonds. The lowest BCUT2D eigenvalue weighted by atomic mass is 10.2. The Kier molecular flexibility index (Phi) is 4.66. The molecule has 1 aliphatic heterocycles. The van der Waals surface area contributed by atoms with Gasteiger partial charge in [0, 0.05) is 59.4 Å². The SMILES string of the molecule is CCNCc1cnc(N2CCS(=O)CC2)nc1C. The Balaban J connectivity index is 2.06. The summed E-state index contributed by atoms with van der Waals surface area (Å²) < 4.78 is 11.3. The van der Waals surface area contributed by atoms with Crippen molar-refractivity contribution in [2.24, 2.45) is 0 Å². The third kappa shape index (κ3) is 3.26. The van der Waals surface area contributed by atoms with Crippen molar-refractivity contribution in [1.82, 2.24) is 15.3 Å². The van der Waals surface area contributed by atoms with Gasteiger partial charge >= 0.3 is 0 Å². The van der Waals surface area contributed by atoms with E-state index in [0.717, 1.165) is 54.9 Å². The molecule has 1 N–H and O–H groups in total. The van der Waals surface area contributed by atoms with E-state index in [2.05, 4.69) is 27.1 Å². The van der Waals surface area contributed by atoms with Crippen LogP contribution >= 0.6 is 0 Å². The zero-order valence-corrected chi connectivity index (χ0v) is 11.8. The Morgan fingerprint density at radius 2 is 2.17 bits per heavy atom. The Labute approximate surface area is 110 Å². The average Bonchev–Trinajstić information content (AvgIpc) is 2.38. The van der Waals surface area contributed by atoms with E-state index in [0.29, 0.717) is 0 Å². The highest BCUT2D eigenvalue weighted by Gasteiger charge is 2.17. The van der Waals surface area contributed by atoms with Gasteiger partial charge in [0.15, 0.2) is 0 Å². The van der Waals surface area contributed by atoms with Crippen LogP contribution in [-0.4, -0.2) is 45.3 Å². The highest BCUT2D eigenvalue weighted by atomic mass is 32.2. The first kappa shape index (κ1) is 13.4. The van der Waals surface area contributed by atoms with Crippen LogP contribution in [-0.2, 0) is 17.3 Å². The predicted octanol–water partition coefficient (Wildman–Crippen LogP) is 0.463. The highest BCUT2D eigenvalue weighted by Crippen LogP contribution is 2.13. The van der Waals surface area contributed by atoms with Gasteiger partial charge in [0.05, 0.1) is 0 Å². The Morgan fingerprint density at radius 1 is 1.44 bits per heavy atom. The first-order chi connectivity index (χ1) is 8.70. The molecule has 0 aliphatic carbocycles. The standard InChI is InChI=1S/C12H20N4OS/c1-3-13-8-11-9-14-12(15-10(11)2)16-4-6-18(17)7-5-16/h9,13H,3-8H2,1-2H3. The van der Waals surface area contributed by atoms with Crippen LogP contribution in [0.3, 0.4) is 0 Å². The molecule has 2 rings (SSSR count). The molecule has 5 nitrogen and oxygen atoms in total. The molecule has 100 valence electrons. The number of nitrogens with zero attached hydrogens (tertiary/aromatic N) is 3. The fourth-order valence-electron chi connectivity index (χ4n) is 1.90. The molecule has 0 spiro atoms. The fraction of sp³-hybridized carbons (Fsp3) is 0.667. The van der Waals surface area contributed by atoms with Crippen molar-refractivity contribution in [2.45, 2.75) is 20.4 Å². The molecule has 0 radical (unpaired) electrons. The molecule has 1 saturated heterocycles. The number of aromatic nitrogens is 2. The average molecular weight is 268 g/mol. The van der Waals surface area contributed by atoms with Crippen molar-refractivity contribution in [3.63, 3.8) is 0 Å².